The fraction of sp³-hybridized carbons (Fsp3) is 0.333. The summed E-state index contributed by atoms with van der Waals surface area (Å²) in [6.07, 6.45) is -1.01. The Balaban J connectivity index is 1.21. The van der Waals surface area contributed by atoms with Crippen LogP contribution in [0.25, 0.3) is 10.2 Å². The second-order valence-electron chi connectivity index (χ2n) is 11.0. The molecule has 2 aliphatic rings. The van der Waals surface area contributed by atoms with Gasteiger partial charge in [0.2, 0.25) is 0 Å². The molecule has 1 saturated heterocycles. The molecule has 1 aliphatic heterocycles. The molecule has 3 heterocycles. The summed E-state index contributed by atoms with van der Waals surface area (Å²) in [4.78, 5) is 39.1. The van der Waals surface area contributed by atoms with E-state index < -0.39 is 17.6 Å². The van der Waals surface area contributed by atoms with Gasteiger partial charge in [-0.1, -0.05) is 6.07 Å². The highest BCUT2D eigenvalue weighted by atomic mass is 32.1. The van der Waals surface area contributed by atoms with E-state index in [9.17, 15) is 22.8 Å². The molecular weight excluding hydrogens is 579 g/mol. The van der Waals surface area contributed by atoms with Gasteiger partial charge < -0.3 is 25.8 Å². The fourth-order valence-corrected chi connectivity index (χ4v) is 5.87. The first-order valence-corrected chi connectivity index (χ1v) is 14.8. The number of hydrogen-bond acceptors (Lipinski definition) is 8. The van der Waals surface area contributed by atoms with Crippen LogP contribution in [0, 0.1) is 6.92 Å². The van der Waals surface area contributed by atoms with Gasteiger partial charge in [0, 0.05) is 60.2 Å². The lowest BCUT2D eigenvalue weighted by atomic mass is 10.1. The molecule has 0 spiro atoms. The van der Waals surface area contributed by atoms with Crippen LogP contribution in [0.5, 0.6) is 0 Å². The maximum absolute atomic E-state index is 13.8. The molecule has 2 aromatic carbocycles. The second kappa shape index (κ2) is 11.5. The number of amides is 2. The third kappa shape index (κ3) is 6.42. The van der Waals surface area contributed by atoms with Crippen LogP contribution in [0.4, 0.5) is 36.1 Å². The Kier molecular flexibility index (Phi) is 7.69. The zero-order chi connectivity index (χ0) is 30.3. The molecule has 3 N–H and O–H groups in total. The number of thiophene rings is 1. The summed E-state index contributed by atoms with van der Waals surface area (Å²) in [7, 11) is 1.96. The third-order valence-electron chi connectivity index (χ3n) is 7.64. The van der Waals surface area contributed by atoms with Gasteiger partial charge in [-0.05, 0) is 62.7 Å². The molecule has 0 bridgehead atoms. The van der Waals surface area contributed by atoms with Gasteiger partial charge >= 0.3 is 6.18 Å². The molecule has 0 unspecified atom stereocenters. The summed E-state index contributed by atoms with van der Waals surface area (Å²) < 4.78 is 42.1. The van der Waals surface area contributed by atoms with Gasteiger partial charge in [0.25, 0.3) is 11.8 Å². The minimum atomic E-state index is -4.61. The number of carbonyl (C=O) groups is 2. The lowest BCUT2D eigenvalue weighted by Crippen LogP contribution is -2.44. The zero-order valence-electron chi connectivity index (χ0n) is 23.6. The Labute approximate surface area is 250 Å². The molecule has 2 aromatic heterocycles. The minimum absolute atomic E-state index is 0.102. The number of rotatable bonds is 7. The maximum atomic E-state index is 13.8. The number of halogens is 3. The van der Waals surface area contributed by atoms with E-state index in [-0.39, 0.29) is 11.5 Å². The Hall–Kier alpha value is -4.23. The minimum Gasteiger partial charge on any atom is -0.369 e. The van der Waals surface area contributed by atoms with Gasteiger partial charge in [0.1, 0.15) is 12.1 Å². The highest BCUT2D eigenvalue weighted by Crippen LogP contribution is 2.35. The molecule has 1 saturated carbocycles. The summed E-state index contributed by atoms with van der Waals surface area (Å²) in [6.45, 7) is 4.35. The first-order chi connectivity index (χ1) is 20.5. The molecule has 2 amide bonds. The number of nitrogens with zero attached hydrogens (tertiary/aromatic N) is 4. The van der Waals surface area contributed by atoms with E-state index in [1.54, 1.807) is 23.6 Å². The molecule has 2 fully saturated rings. The van der Waals surface area contributed by atoms with Crippen LogP contribution in [0.2, 0.25) is 0 Å². The highest BCUT2D eigenvalue weighted by Gasteiger charge is 2.33. The largest absolute Gasteiger partial charge is 0.416 e. The van der Waals surface area contributed by atoms with Gasteiger partial charge in [0.05, 0.1) is 21.3 Å². The number of alkyl halides is 3. The molecular formula is C30H30F3N7O2S. The smallest absolute Gasteiger partial charge is 0.369 e. The monoisotopic (exact) mass is 609 g/mol. The molecule has 43 heavy (non-hydrogen) atoms. The van der Waals surface area contributed by atoms with Crippen molar-refractivity contribution in [2.24, 2.45) is 0 Å². The second-order valence-corrected chi connectivity index (χ2v) is 11.8. The van der Waals surface area contributed by atoms with Gasteiger partial charge in [-0.2, -0.15) is 13.2 Å². The van der Waals surface area contributed by atoms with Crippen molar-refractivity contribution >= 4 is 56.2 Å². The highest BCUT2D eigenvalue weighted by molar-refractivity contribution is 7.18. The number of hydrogen-bond donors (Lipinski definition) is 3. The molecule has 0 atom stereocenters. The Morgan fingerprint density at radius 2 is 1.74 bits per heavy atom. The topological polar surface area (TPSA) is 102 Å². The molecule has 6 rings (SSSR count). The van der Waals surface area contributed by atoms with E-state index >= 15 is 0 Å². The van der Waals surface area contributed by atoms with Crippen molar-refractivity contribution in [2.75, 3.05) is 54.1 Å². The van der Waals surface area contributed by atoms with Crippen molar-refractivity contribution in [1.29, 1.82) is 0 Å². The normalized spacial score (nSPS) is 15.9. The zero-order valence-corrected chi connectivity index (χ0v) is 24.4. The maximum Gasteiger partial charge on any atom is 0.416 e. The number of carbonyl (C=O) groups excluding carboxylic acids is 2. The third-order valence-corrected chi connectivity index (χ3v) is 8.61. The summed E-state index contributed by atoms with van der Waals surface area (Å²) in [5.41, 5.74) is 1.84. The van der Waals surface area contributed by atoms with Crippen LogP contribution in [-0.4, -0.2) is 66.0 Å². The number of anilines is 4. The molecule has 13 heteroatoms. The van der Waals surface area contributed by atoms with Gasteiger partial charge in [-0.3, -0.25) is 9.59 Å². The summed E-state index contributed by atoms with van der Waals surface area (Å²) in [5, 5.41) is 10.7. The van der Waals surface area contributed by atoms with Gasteiger partial charge in [0.15, 0.2) is 0 Å². The van der Waals surface area contributed by atoms with E-state index in [0.29, 0.717) is 66.2 Å². The molecule has 9 nitrogen and oxygen atoms in total. The summed E-state index contributed by atoms with van der Waals surface area (Å²) in [6, 6.07) is 8.78. The van der Waals surface area contributed by atoms with Crippen molar-refractivity contribution in [3.63, 3.8) is 0 Å². The van der Waals surface area contributed by atoms with Crippen LogP contribution in [0.15, 0.2) is 48.1 Å². The van der Waals surface area contributed by atoms with E-state index in [4.69, 9.17) is 0 Å². The average molecular weight is 610 g/mol. The van der Waals surface area contributed by atoms with Crippen LogP contribution in [0.3, 0.4) is 0 Å². The van der Waals surface area contributed by atoms with Gasteiger partial charge in [-0.25, -0.2) is 9.97 Å². The number of aromatic nitrogens is 2. The van der Waals surface area contributed by atoms with Crippen molar-refractivity contribution < 1.29 is 22.8 Å². The van der Waals surface area contributed by atoms with Crippen LogP contribution in [-0.2, 0) is 6.18 Å². The summed E-state index contributed by atoms with van der Waals surface area (Å²) >= 11 is 1.39. The number of nitrogens with one attached hydrogen (secondary N) is 3. The lowest BCUT2D eigenvalue weighted by Gasteiger charge is -2.34. The molecule has 0 radical (unpaired) electrons. The van der Waals surface area contributed by atoms with E-state index in [2.05, 4.69) is 30.8 Å². The number of fused-ring (bicyclic) bond motifs is 1. The van der Waals surface area contributed by atoms with Crippen LogP contribution < -0.4 is 20.9 Å². The van der Waals surface area contributed by atoms with E-state index in [0.717, 1.165) is 35.2 Å². The van der Waals surface area contributed by atoms with Crippen LogP contribution >= 0.6 is 11.3 Å². The van der Waals surface area contributed by atoms with Crippen molar-refractivity contribution in [3.8, 4) is 0 Å². The Bertz CT molecular complexity index is 1700. The molecule has 224 valence electrons. The standard InChI is InChI=1S/C30H30F3N7O2S/c1-17-3-4-21(14-24(17)38-29(42)23-15-43-26-25(23)34-16-35-27(26)36-20-5-6-20)37-28(41)18-11-19(30(31,32)33)13-22(12-18)40-9-7-39(2)8-10-40/h3-4,11-16,20H,5-10H2,1-2H3,(H,37,41)(H,38,42)(H,34,35,36). The van der Waals surface area contributed by atoms with Crippen LogP contribution in [0.1, 0.15) is 44.7 Å². The first kappa shape index (κ1) is 28.9. The van der Waals surface area contributed by atoms with Crippen molar-refractivity contribution in [3.05, 3.63) is 70.4 Å². The predicted molar refractivity (Wildman–Crippen MR) is 162 cm³/mol. The number of aryl methyl sites for hydroxylation is 1. The quantitative estimate of drug-likeness (QED) is 0.242. The molecule has 4 aromatic rings. The fourth-order valence-electron chi connectivity index (χ4n) is 4.92. The number of benzene rings is 2. The Morgan fingerprint density at radius 3 is 2.47 bits per heavy atom. The predicted octanol–water partition coefficient (Wildman–Crippen LogP) is 5.85. The average Bonchev–Trinajstić information content (AvgIpc) is 3.68. The van der Waals surface area contributed by atoms with Gasteiger partial charge in [-0.15, -0.1) is 11.3 Å². The number of piperazine rings is 1. The van der Waals surface area contributed by atoms with Crippen molar-refractivity contribution in [1.82, 2.24) is 14.9 Å². The van der Waals surface area contributed by atoms with E-state index in [1.165, 1.54) is 23.7 Å². The molecule has 1 aliphatic carbocycles. The summed E-state index contributed by atoms with van der Waals surface area (Å²) in [5.74, 6) is -0.342. The number of likely N-dealkylation sites (N-methyl/N-ethyl adjacent to an activating group) is 1. The van der Waals surface area contributed by atoms with E-state index in [1.807, 2.05) is 18.9 Å². The van der Waals surface area contributed by atoms with Crippen molar-refractivity contribution in [2.45, 2.75) is 32.0 Å². The SMILES string of the molecule is Cc1ccc(NC(=O)c2cc(N3CCN(C)CC3)cc(C(F)(F)F)c2)cc1NC(=O)c1csc2c(NC3CC3)ncnc12. The Morgan fingerprint density at radius 1 is 0.977 bits per heavy atom. The lowest BCUT2D eigenvalue weighted by molar-refractivity contribution is -0.137. The first-order valence-electron chi connectivity index (χ1n) is 13.9.